The van der Waals surface area contributed by atoms with Gasteiger partial charge < -0.3 is 20.3 Å². The first-order chi connectivity index (χ1) is 10.1. The van der Waals surface area contributed by atoms with E-state index in [-0.39, 0.29) is 18.0 Å². The van der Waals surface area contributed by atoms with Crippen molar-refractivity contribution in [2.75, 3.05) is 26.2 Å². The number of carbonyl (C=O) groups is 2. The third-order valence-electron chi connectivity index (χ3n) is 4.16. The van der Waals surface area contributed by atoms with Gasteiger partial charge in [0.05, 0.1) is 12.7 Å². The average molecular weight is 297 g/mol. The molecule has 2 rings (SSSR count). The lowest BCUT2D eigenvalue weighted by atomic mass is 9.96. The molecule has 0 aromatic rings. The van der Waals surface area contributed by atoms with Gasteiger partial charge >= 0.3 is 6.03 Å². The van der Waals surface area contributed by atoms with Crippen molar-refractivity contribution in [2.45, 2.75) is 57.6 Å². The van der Waals surface area contributed by atoms with E-state index >= 15 is 0 Å². The third-order valence-corrected chi connectivity index (χ3v) is 4.16. The largest absolute Gasteiger partial charge is 0.375 e. The molecule has 1 atom stereocenters. The monoisotopic (exact) mass is 297 g/mol. The lowest BCUT2D eigenvalue weighted by Gasteiger charge is -2.31. The van der Waals surface area contributed by atoms with Crippen molar-refractivity contribution in [1.82, 2.24) is 15.5 Å². The highest BCUT2D eigenvalue weighted by atomic mass is 16.5. The van der Waals surface area contributed by atoms with Crippen LogP contribution in [0.15, 0.2) is 0 Å². The zero-order valence-corrected chi connectivity index (χ0v) is 12.9. The molecule has 21 heavy (non-hydrogen) atoms. The van der Waals surface area contributed by atoms with Crippen molar-refractivity contribution in [3.8, 4) is 0 Å². The Morgan fingerprint density at radius 3 is 2.71 bits per heavy atom. The molecular weight excluding hydrogens is 270 g/mol. The first-order valence-electron chi connectivity index (χ1n) is 8.09. The molecule has 0 bridgehead atoms. The first-order valence-corrected chi connectivity index (χ1v) is 8.09. The normalized spacial score (nSPS) is 23.7. The van der Waals surface area contributed by atoms with Crippen molar-refractivity contribution in [3.05, 3.63) is 0 Å². The van der Waals surface area contributed by atoms with Crippen molar-refractivity contribution < 1.29 is 14.3 Å². The summed E-state index contributed by atoms with van der Waals surface area (Å²) >= 11 is 0. The van der Waals surface area contributed by atoms with Gasteiger partial charge in [0.2, 0.25) is 5.91 Å². The van der Waals surface area contributed by atoms with Gasteiger partial charge in [0.15, 0.2) is 0 Å². The summed E-state index contributed by atoms with van der Waals surface area (Å²) in [7, 11) is 0. The summed E-state index contributed by atoms with van der Waals surface area (Å²) in [6, 6.07) is 0.152. The Hall–Kier alpha value is -1.30. The van der Waals surface area contributed by atoms with Crippen molar-refractivity contribution in [2.24, 2.45) is 0 Å². The summed E-state index contributed by atoms with van der Waals surface area (Å²) in [6.45, 7) is 4.26. The number of nitrogens with one attached hydrogen (secondary N) is 2. The summed E-state index contributed by atoms with van der Waals surface area (Å²) in [6.07, 6.45) is 6.25. The Balaban J connectivity index is 1.59. The van der Waals surface area contributed by atoms with Gasteiger partial charge in [0, 0.05) is 32.1 Å². The van der Waals surface area contributed by atoms with Crippen LogP contribution < -0.4 is 10.6 Å². The van der Waals surface area contributed by atoms with E-state index in [4.69, 9.17) is 4.74 Å². The number of hydrogen-bond acceptors (Lipinski definition) is 3. The number of carbonyl (C=O) groups excluding carboxylic acids is 2. The van der Waals surface area contributed by atoms with Crippen molar-refractivity contribution in [3.63, 3.8) is 0 Å². The maximum Gasteiger partial charge on any atom is 0.315 e. The van der Waals surface area contributed by atoms with E-state index in [1.807, 2.05) is 11.8 Å². The van der Waals surface area contributed by atoms with Crippen LogP contribution in [-0.2, 0) is 9.53 Å². The minimum absolute atomic E-state index is 0.0862. The third kappa shape index (κ3) is 5.53. The zero-order chi connectivity index (χ0) is 15.1. The molecule has 1 unspecified atom stereocenters. The Morgan fingerprint density at radius 1 is 1.24 bits per heavy atom. The van der Waals surface area contributed by atoms with Crippen LogP contribution in [0.25, 0.3) is 0 Å². The molecular formula is C15H27N3O3. The SMILES string of the molecule is CC1CN(C(=O)CCNC(=O)NC2CCCCC2)CCO1. The van der Waals surface area contributed by atoms with E-state index in [1.54, 1.807) is 0 Å². The molecule has 1 saturated carbocycles. The molecule has 1 saturated heterocycles. The van der Waals surface area contributed by atoms with E-state index in [2.05, 4.69) is 10.6 Å². The predicted molar refractivity (Wildman–Crippen MR) is 80.0 cm³/mol. The Morgan fingerprint density at radius 2 is 2.00 bits per heavy atom. The summed E-state index contributed by atoms with van der Waals surface area (Å²) in [5.74, 6) is 0.0862. The molecule has 1 aliphatic carbocycles. The van der Waals surface area contributed by atoms with Crippen LogP contribution in [0, 0.1) is 0 Å². The maximum absolute atomic E-state index is 12.0. The van der Waals surface area contributed by atoms with Crippen LogP contribution in [0.1, 0.15) is 45.4 Å². The lowest BCUT2D eigenvalue weighted by molar-refractivity contribution is -0.137. The van der Waals surface area contributed by atoms with Gasteiger partial charge in [-0.05, 0) is 19.8 Å². The fourth-order valence-electron chi connectivity index (χ4n) is 2.97. The van der Waals surface area contributed by atoms with Gasteiger partial charge in [-0.15, -0.1) is 0 Å². The first kappa shape index (κ1) is 16.1. The van der Waals surface area contributed by atoms with Gasteiger partial charge in [-0.3, -0.25) is 4.79 Å². The average Bonchev–Trinajstić information content (AvgIpc) is 2.48. The summed E-state index contributed by atoms with van der Waals surface area (Å²) < 4.78 is 5.41. The molecule has 1 aliphatic heterocycles. The van der Waals surface area contributed by atoms with Gasteiger partial charge in [-0.2, -0.15) is 0 Å². The molecule has 0 spiro atoms. The number of hydrogen-bond donors (Lipinski definition) is 2. The van der Waals surface area contributed by atoms with Gasteiger partial charge in [0.25, 0.3) is 0 Å². The second kappa shape index (κ2) is 8.22. The van der Waals surface area contributed by atoms with E-state index in [0.717, 1.165) is 12.8 Å². The van der Waals surface area contributed by atoms with Crippen LogP contribution in [0.4, 0.5) is 4.79 Å². The fourth-order valence-corrected chi connectivity index (χ4v) is 2.97. The maximum atomic E-state index is 12.0. The summed E-state index contributed by atoms with van der Waals surface area (Å²) in [5.41, 5.74) is 0. The molecule has 0 aromatic carbocycles. The van der Waals surface area contributed by atoms with Crippen LogP contribution in [0.2, 0.25) is 0 Å². The molecule has 0 radical (unpaired) electrons. The highest BCUT2D eigenvalue weighted by molar-refractivity contribution is 5.78. The quantitative estimate of drug-likeness (QED) is 0.820. The van der Waals surface area contributed by atoms with Crippen LogP contribution in [0.3, 0.4) is 0 Å². The Bertz CT molecular complexity index is 356. The Kier molecular flexibility index (Phi) is 6.29. The summed E-state index contributed by atoms with van der Waals surface area (Å²) in [4.78, 5) is 25.6. The van der Waals surface area contributed by atoms with E-state index in [9.17, 15) is 9.59 Å². The minimum atomic E-state index is -0.148. The predicted octanol–water partition coefficient (Wildman–Crippen LogP) is 1.26. The molecule has 120 valence electrons. The molecule has 3 amide bonds. The number of nitrogens with zero attached hydrogens (tertiary/aromatic N) is 1. The lowest BCUT2D eigenvalue weighted by Crippen LogP contribution is -2.46. The van der Waals surface area contributed by atoms with E-state index in [1.165, 1.54) is 19.3 Å². The van der Waals surface area contributed by atoms with Crippen molar-refractivity contribution >= 4 is 11.9 Å². The van der Waals surface area contributed by atoms with Gasteiger partial charge in [-0.1, -0.05) is 19.3 Å². The molecule has 6 heteroatoms. The smallest absolute Gasteiger partial charge is 0.315 e. The van der Waals surface area contributed by atoms with Gasteiger partial charge in [-0.25, -0.2) is 4.79 Å². The second-order valence-electron chi connectivity index (χ2n) is 6.01. The fraction of sp³-hybridized carbons (Fsp3) is 0.867. The Labute approximate surface area is 126 Å². The molecule has 6 nitrogen and oxygen atoms in total. The molecule has 2 fully saturated rings. The number of ether oxygens (including phenoxy) is 1. The second-order valence-corrected chi connectivity index (χ2v) is 6.01. The molecule has 0 aromatic heterocycles. The van der Waals surface area contributed by atoms with Crippen LogP contribution >= 0.6 is 0 Å². The number of rotatable bonds is 4. The molecule has 2 N–H and O–H groups in total. The zero-order valence-electron chi connectivity index (χ0n) is 12.9. The molecule has 1 heterocycles. The highest BCUT2D eigenvalue weighted by Crippen LogP contribution is 2.17. The number of amides is 3. The standard InChI is InChI=1S/C15H27N3O3/c1-12-11-18(9-10-21-12)14(19)7-8-16-15(20)17-13-5-3-2-4-6-13/h12-13H,2-11H2,1H3,(H2,16,17,20). The van der Waals surface area contributed by atoms with Crippen molar-refractivity contribution in [1.29, 1.82) is 0 Å². The van der Waals surface area contributed by atoms with E-state index in [0.29, 0.717) is 38.7 Å². The van der Waals surface area contributed by atoms with Gasteiger partial charge in [0.1, 0.15) is 0 Å². The highest BCUT2D eigenvalue weighted by Gasteiger charge is 2.21. The van der Waals surface area contributed by atoms with Crippen LogP contribution in [0.5, 0.6) is 0 Å². The molecule has 2 aliphatic rings. The number of morpholine rings is 1. The van der Waals surface area contributed by atoms with E-state index < -0.39 is 0 Å². The van der Waals surface area contributed by atoms with Crippen LogP contribution in [-0.4, -0.2) is 55.2 Å². The topological polar surface area (TPSA) is 70.7 Å². The minimum Gasteiger partial charge on any atom is -0.375 e. The summed E-state index contributed by atoms with van der Waals surface area (Å²) in [5, 5.41) is 5.77. The number of urea groups is 1.